The molecule has 0 saturated carbocycles. The van der Waals surface area contributed by atoms with E-state index in [1.165, 1.54) is 12.7 Å². The lowest BCUT2D eigenvalue weighted by Crippen LogP contribution is -2.44. The van der Waals surface area contributed by atoms with Crippen molar-refractivity contribution < 1.29 is 9.53 Å². The molecule has 0 aliphatic carbocycles. The summed E-state index contributed by atoms with van der Waals surface area (Å²) in [5.74, 6) is -0.146. The fourth-order valence-electron chi connectivity index (χ4n) is 1.46. The van der Waals surface area contributed by atoms with Crippen molar-refractivity contribution >= 4 is 17.2 Å². The van der Waals surface area contributed by atoms with Gasteiger partial charge in [0.1, 0.15) is 6.10 Å². The van der Waals surface area contributed by atoms with E-state index in [0.717, 1.165) is 6.42 Å². The van der Waals surface area contributed by atoms with E-state index in [9.17, 15) is 4.79 Å². The van der Waals surface area contributed by atoms with Crippen molar-refractivity contribution in [1.82, 2.24) is 5.32 Å². The Kier molecular flexibility index (Phi) is 5.45. The second kappa shape index (κ2) is 6.62. The molecule has 1 aromatic heterocycles. The quantitative estimate of drug-likeness (QED) is 0.774. The van der Waals surface area contributed by atoms with Gasteiger partial charge in [0.15, 0.2) is 0 Å². The van der Waals surface area contributed by atoms with Crippen LogP contribution in [0.1, 0.15) is 12.5 Å². The van der Waals surface area contributed by atoms with Crippen LogP contribution < -0.4 is 11.1 Å². The summed E-state index contributed by atoms with van der Waals surface area (Å²) in [6.07, 6.45) is 0.279. The first kappa shape index (κ1) is 13.2. The van der Waals surface area contributed by atoms with Crippen LogP contribution in [0.5, 0.6) is 0 Å². The van der Waals surface area contributed by atoms with Crippen molar-refractivity contribution in [3.63, 3.8) is 0 Å². The van der Waals surface area contributed by atoms with Gasteiger partial charge in [-0.1, -0.05) is 0 Å². The van der Waals surface area contributed by atoms with E-state index in [2.05, 4.69) is 16.8 Å². The molecular formula is C11H18N2O2S. The lowest BCUT2D eigenvalue weighted by molar-refractivity contribution is -0.131. The first-order valence-electron chi connectivity index (χ1n) is 5.21. The number of rotatable bonds is 6. The van der Waals surface area contributed by atoms with Gasteiger partial charge in [-0.25, -0.2) is 0 Å². The van der Waals surface area contributed by atoms with Crippen molar-refractivity contribution in [3.8, 4) is 0 Å². The molecule has 0 saturated heterocycles. The highest BCUT2D eigenvalue weighted by atomic mass is 32.1. The monoisotopic (exact) mass is 242 g/mol. The molecule has 2 unspecified atom stereocenters. The highest BCUT2D eigenvalue weighted by Gasteiger charge is 2.17. The van der Waals surface area contributed by atoms with Crippen LogP contribution in [0.15, 0.2) is 16.8 Å². The van der Waals surface area contributed by atoms with Crippen molar-refractivity contribution in [2.75, 3.05) is 13.7 Å². The average Bonchev–Trinajstić information content (AvgIpc) is 2.71. The number of methoxy groups -OCH3 is 1. The Labute approximate surface area is 99.8 Å². The van der Waals surface area contributed by atoms with E-state index in [1.807, 2.05) is 12.3 Å². The number of carbonyl (C=O) groups excluding carboxylic acids is 1. The summed E-state index contributed by atoms with van der Waals surface area (Å²) >= 11 is 1.66. The first-order chi connectivity index (χ1) is 7.67. The number of ether oxygens (including phenoxy) is 1. The van der Waals surface area contributed by atoms with Crippen LogP contribution in [-0.2, 0) is 16.0 Å². The van der Waals surface area contributed by atoms with Crippen LogP contribution in [0.25, 0.3) is 0 Å². The molecule has 0 radical (unpaired) electrons. The van der Waals surface area contributed by atoms with E-state index >= 15 is 0 Å². The summed E-state index contributed by atoms with van der Waals surface area (Å²) < 4.78 is 4.96. The molecule has 4 nitrogen and oxygen atoms in total. The largest absolute Gasteiger partial charge is 0.370 e. The zero-order chi connectivity index (χ0) is 12.0. The lowest BCUT2D eigenvalue weighted by atomic mass is 10.1. The molecule has 1 heterocycles. The molecule has 0 aliphatic heterocycles. The number of nitrogens with two attached hydrogens (primary N) is 1. The summed E-state index contributed by atoms with van der Waals surface area (Å²) in [6, 6.07) is 2.15. The predicted octanol–water partition coefficient (Wildman–Crippen LogP) is 0.769. The van der Waals surface area contributed by atoms with Gasteiger partial charge >= 0.3 is 0 Å². The normalized spacial score (nSPS) is 14.4. The molecule has 0 aromatic carbocycles. The molecule has 0 bridgehead atoms. The Bertz CT molecular complexity index is 310. The maximum absolute atomic E-state index is 11.6. The number of carbonyl (C=O) groups is 1. The number of nitrogens with one attached hydrogen (secondary N) is 1. The second-order valence-electron chi connectivity index (χ2n) is 3.71. The maximum Gasteiger partial charge on any atom is 0.250 e. The minimum Gasteiger partial charge on any atom is -0.370 e. The Balaban J connectivity index is 2.39. The number of amides is 1. The highest BCUT2D eigenvalue weighted by Crippen LogP contribution is 2.08. The molecular weight excluding hydrogens is 224 g/mol. The highest BCUT2D eigenvalue weighted by molar-refractivity contribution is 7.07. The topological polar surface area (TPSA) is 64.3 Å². The minimum atomic E-state index is -0.551. The van der Waals surface area contributed by atoms with Gasteiger partial charge in [0.25, 0.3) is 5.91 Å². The van der Waals surface area contributed by atoms with E-state index < -0.39 is 6.10 Å². The van der Waals surface area contributed by atoms with Gasteiger partial charge < -0.3 is 15.8 Å². The Morgan fingerprint density at radius 2 is 2.44 bits per heavy atom. The van der Waals surface area contributed by atoms with Crippen molar-refractivity contribution in [2.24, 2.45) is 5.73 Å². The van der Waals surface area contributed by atoms with Gasteiger partial charge in [-0.3, -0.25) is 4.79 Å². The zero-order valence-corrected chi connectivity index (χ0v) is 10.4. The molecule has 0 spiro atoms. The van der Waals surface area contributed by atoms with Crippen LogP contribution >= 0.6 is 11.3 Å². The van der Waals surface area contributed by atoms with Crippen molar-refractivity contribution in [2.45, 2.75) is 25.5 Å². The maximum atomic E-state index is 11.6. The van der Waals surface area contributed by atoms with Crippen molar-refractivity contribution in [3.05, 3.63) is 22.4 Å². The minimum absolute atomic E-state index is 0.0892. The zero-order valence-electron chi connectivity index (χ0n) is 9.60. The fraction of sp³-hybridized carbons (Fsp3) is 0.545. The lowest BCUT2D eigenvalue weighted by Gasteiger charge is -2.17. The summed E-state index contributed by atoms with van der Waals surface area (Å²) in [7, 11) is 1.49. The molecule has 90 valence electrons. The third-order valence-electron chi connectivity index (χ3n) is 2.30. The number of hydrogen-bond donors (Lipinski definition) is 2. The third kappa shape index (κ3) is 3.92. The molecule has 3 N–H and O–H groups in total. The van der Waals surface area contributed by atoms with E-state index in [4.69, 9.17) is 10.5 Å². The van der Waals surface area contributed by atoms with Crippen molar-refractivity contribution in [1.29, 1.82) is 0 Å². The number of thiophene rings is 1. The Morgan fingerprint density at radius 1 is 1.69 bits per heavy atom. The second-order valence-corrected chi connectivity index (χ2v) is 4.49. The van der Waals surface area contributed by atoms with Gasteiger partial charge in [0, 0.05) is 19.7 Å². The van der Waals surface area contributed by atoms with E-state index in [-0.39, 0.29) is 18.5 Å². The van der Waals surface area contributed by atoms with Gasteiger partial charge in [-0.2, -0.15) is 11.3 Å². The Hall–Kier alpha value is -0.910. The molecule has 1 amide bonds. The molecule has 0 fully saturated rings. The van der Waals surface area contributed by atoms with E-state index in [0.29, 0.717) is 0 Å². The summed E-state index contributed by atoms with van der Waals surface area (Å²) in [5.41, 5.74) is 6.65. The van der Waals surface area contributed by atoms with Crippen LogP contribution in [0, 0.1) is 0 Å². The Morgan fingerprint density at radius 3 is 2.94 bits per heavy atom. The smallest absolute Gasteiger partial charge is 0.250 e. The van der Waals surface area contributed by atoms with E-state index in [1.54, 1.807) is 11.3 Å². The summed E-state index contributed by atoms with van der Waals surface area (Å²) in [5, 5.41) is 6.99. The predicted molar refractivity (Wildman–Crippen MR) is 65.5 cm³/mol. The molecule has 1 aromatic rings. The van der Waals surface area contributed by atoms with Crippen LogP contribution in [0.2, 0.25) is 0 Å². The fourth-order valence-corrected chi connectivity index (χ4v) is 2.14. The average molecular weight is 242 g/mol. The standard InChI is InChI=1S/C11H18N2O2S/c1-8(5-9-3-4-16-7-9)13-11(14)10(6-12)15-2/h3-4,7-8,10H,5-6,12H2,1-2H3,(H,13,14). The third-order valence-corrected chi connectivity index (χ3v) is 3.03. The van der Waals surface area contributed by atoms with Crippen LogP contribution in [-0.4, -0.2) is 31.7 Å². The SMILES string of the molecule is COC(CN)C(=O)NC(C)Cc1ccsc1. The molecule has 0 aliphatic rings. The van der Waals surface area contributed by atoms with Gasteiger partial charge in [0.2, 0.25) is 0 Å². The van der Waals surface area contributed by atoms with Crippen LogP contribution in [0.3, 0.4) is 0 Å². The molecule has 16 heavy (non-hydrogen) atoms. The van der Waals surface area contributed by atoms with Gasteiger partial charge in [0.05, 0.1) is 0 Å². The number of hydrogen-bond acceptors (Lipinski definition) is 4. The molecule has 1 rings (SSSR count). The molecule has 5 heteroatoms. The summed E-state index contributed by atoms with van der Waals surface area (Å²) in [6.45, 7) is 2.17. The molecule has 2 atom stereocenters. The first-order valence-corrected chi connectivity index (χ1v) is 6.16. The van der Waals surface area contributed by atoms with Gasteiger partial charge in [-0.05, 0) is 35.7 Å². The van der Waals surface area contributed by atoms with Gasteiger partial charge in [-0.15, -0.1) is 0 Å². The summed E-state index contributed by atoms with van der Waals surface area (Å²) in [4.78, 5) is 11.6. The van der Waals surface area contributed by atoms with Crippen LogP contribution in [0.4, 0.5) is 0 Å².